The smallest absolute Gasteiger partial charge is 0.278 e. The topological polar surface area (TPSA) is 170 Å². The summed E-state index contributed by atoms with van der Waals surface area (Å²) in [4.78, 5) is 35.7. The second kappa shape index (κ2) is 5.12. The molecular formula is C11H12N10O. The van der Waals surface area contributed by atoms with Crippen LogP contribution in [0.1, 0.15) is 0 Å². The fraction of sp³-hybridized carbons (Fsp3) is 0.0909. The van der Waals surface area contributed by atoms with Crippen molar-refractivity contribution < 1.29 is 0 Å². The number of aryl methyl sites for hydroxylation is 1. The van der Waals surface area contributed by atoms with Gasteiger partial charge in [0.25, 0.3) is 5.56 Å². The van der Waals surface area contributed by atoms with Crippen molar-refractivity contribution in [2.45, 2.75) is 0 Å². The molecule has 11 nitrogen and oxygen atoms in total. The highest BCUT2D eigenvalue weighted by molar-refractivity contribution is 5.80. The highest BCUT2D eigenvalue weighted by Crippen LogP contribution is 2.09. The monoisotopic (exact) mass is 300 g/mol. The minimum atomic E-state index is -0.266. The molecule has 0 aliphatic rings. The molecule has 0 saturated heterocycles. The zero-order valence-corrected chi connectivity index (χ0v) is 11.5. The Morgan fingerprint density at radius 3 is 2.73 bits per heavy atom. The lowest BCUT2D eigenvalue weighted by molar-refractivity contribution is 0.939. The van der Waals surface area contributed by atoms with Gasteiger partial charge in [-0.2, -0.15) is 4.98 Å². The normalized spacial score (nSPS) is 10.6. The largest absolute Gasteiger partial charge is 0.382 e. The van der Waals surface area contributed by atoms with E-state index in [4.69, 9.17) is 11.5 Å². The third-order valence-corrected chi connectivity index (χ3v) is 2.85. The van der Waals surface area contributed by atoms with Crippen LogP contribution >= 0.6 is 0 Å². The van der Waals surface area contributed by atoms with Gasteiger partial charge in [-0.15, -0.1) is 0 Å². The Morgan fingerprint density at radius 1 is 1.14 bits per heavy atom. The van der Waals surface area contributed by atoms with Crippen molar-refractivity contribution in [1.82, 2.24) is 39.5 Å². The Labute approximate surface area is 122 Å². The lowest BCUT2D eigenvalue weighted by atomic mass is 10.5. The first kappa shape index (κ1) is 13.5. The van der Waals surface area contributed by atoms with E-state index in [1.54, 1.807) is 11.6 Å². The molecular weight excluding hydrogens is 288 g/mol. The molecule has 22 heavy (non-hydrogen) atoms. The second-order valence-corrected chi connectivity index (χ2v) is 4.34. The van der Waals surface area contributed by atoms with Crippen molar-refractivity contribution in [2.24, 2.45) is 7.05 Å². The molecule has 0 amide bonds. The van der Waals surface area contributed by atoms with E-state index in [9.17, 15) is 4.79 Å². The molecule has 0 fully saturated rings. The van der Waals surface area contributed by atoms with Crippen LogP contribution in [-0.4, -0.2) is 39.5 Å². The minimum absolute atomic E-state index is 0.0891. The third kappa shape index (κ3) is 2.30. The predicted octanol–water partition coefficient (Wildman–Crippen LogP) is -0.826. The number of anilines is 2. The maximum Gasteiger partial charge on any atom is 0.278 e. The van der Waals surface area contributed by atoms with E-state index in [0.29, 0.717) is 28.1 Å². The van der Waals surface area contributed by atoms with Crippen molar-refractivity contribution in [3.8, 4) is 0 Å². The summed E-state index contributed by atoms with van der Waals surface area (Å²) < 4.78 is 1.60. The first-order valence-corrected chi connectivity index (χ1v) is 6.12. The van der Waals surface area contributed by atoms with Crippen LogP contribution in [0.25, 0.3) is 22.3 Å². The first-order chi connectivity index (χ1) is 10.6. The molecule has 11 heteroatoms. The average molecular weight is 300 g/mol. The molecule has 0 aromatic carbocycles. The van der Waals surface area contributed by atoms with Gasteiger partial charge < -0.3 is 21.0 Å². The number of H-pyrrole nitrogens is 2. The Bertz CT molecular complexity index is 997. The Hall–Kier alpha value is -3.50. The van der Waals surface area contributed by atoms with Crippen molar-refractivity contribution in [1.29, 1.82) is 0 Å². The lowest BCUT2D eigenvalue weighted by Gasteiger charge is -1.93. The second-order valence-electron chi connectivity index (χ2n) is 4.34. The van der Waals surface area contributed by atoms with Crippen molar-refractivity contribution in [3.63, 3.8) is 0 Å². The maximum atomic E-state index is 11.2. The van der Waals surface area contributed by atoms with Crippen molar-refractivity contribution in [3.05, 3.63) is 29.3 Å². The van der Waals surface area contributed by atoms with Gasteiger partial charge in [0.05, 0.1) is 12.7 Å². The highest BCUT2D eigenvalue weighted by atomic mass is 16.1. The van der Waals surface area contributed by atoms with Gasteiger partial charge in [-0.3, -0.25) is 9.78 Å². The van der Waals surface area contributed by atoms with Crippen LogP contribution in [0.4, 0.5) is 11.8 Å². The fourth-order valence-corrected chi connectivity index (χ4v) is 1.86. The van der Waals surface area contributed by atoms with Gasteiger partial charge in [0.1, 0.15) is 11.8 Å². The van der Waals surface area contributed by atoms with Crippen LogP contribution in [-0.2, 0) is 7.05 Å². The molecule has 4 rings (SSSR count). The van der Waals surface area contributed by atoms with E-state index in [2.05, 4.69) is 34.9 Å². The van der Waals surface area contributed by atoms with E-state index < -0.39 is 0 Å². The lowest BCUT2D eigenvalue weighted by Crippen LogP contribution is -2.13. The zero-order chi connectivity index (χ0) is 15.7. The van der Waals surface area contributed by atoms with E-state index in [1.165, 1.54) is 19.0 Å². The molecule has 4 aromatic heterocycles. The Morgan fingerprint density at radius 2 is 1.95 bits per heavy atom. The van der Waals surface area contributed by atoms with Crippen LogP contribution in [0, 0.1) is 0 Å². The highest BCUT2D eigenvalue weighted by Gasteiger charge is 2.05. The van der Waals surface area contributed by atoms with Crippen LogP contribution in [0.2, 0.25) is 0 Å². The molecule has 4 heterocycles. The van der Waals surface area contributed by atoms with Gasteiger partial charge in [0, 0.05) is 7.05 Å². The standard InChI is InChI=1S/C6H7N5O.C5H5N5/c1-11-2-8-4-3(11)5(12)10-6(7)9-4;6-4-3-5(9-1-7-3)10-2-8-4/h2H,1H3,(H3,7,9,10,12);1-2H,(H3,6,7,8,9,10). The van der Waals surface area contributed by atoms with Crippen molar-refractivity contribution >= 4 is 34.1 Å². The van der Waals surface area contributed by atoms with E-state index in [-0.39, 0.29) is 11.5 Å². The molecule has 0 spiro atoms. The summed E-state index contributed by atoms with van der Waals surface area (Å²) in [6, 6.07) is 0. The number of imidazole rings is 2. The molecule has 0 aliphatic heterocycles. The zero-order valence-electron chi connectivity index (χ0n) is 11.5. The quantitative estimate of drug-likeness (QED) is 0.326. The number of hydrogen-bond acceptors (Lipinski definition) is 8. The number of nitrogens with zero attached hydrogens (tertiary/aromatic N) is 6. The summed E-state index contributed by atoms with van der Waals surface area (Å²) in [5.74, 6) is 0.522. The number of aromatic nitrogens is 8. The average Bonchev–Trinajstić information content (AvgIpc) is 3.07. The Balaban J connectivity index is 0.000000133. The number of aromatic amines is 2. The minimum Gasteiger partial charge on any atom is -0.382 e. The molecule has 0 radical (unpaired) electrons. The van der Waals surface area contributed by atoms with Crippen LogP contribution in [0.3, 0.4) is 0 Å². The maximum absolute atomic E-state index is 11.2. The summed E-state index contributed by atoms with van der Waals surface area (Å²) in [5.41, 5.74) is 12.6. The predicted molar refractivity (Wildman–Crippen MR) is 79.6 cm³/mol. The molecule has 0 unspecified atom stereocenters. The van der Waals surface area contributed by atoms with Gasteiger partial charge in [0.2, 0.25) is 5.95 Å². The number of nitrogens with one attached hydrogen (secondary N) is 2. The molecule has 6 N–H and O–H groups in total. The molecule has 0 saturated carbocycles. The molecule has 0 atom stereocenters. The molecule has 0 aliphatic carbocycles. The van der Waals surface area contributed by atoms with E-state index >= 15 is 0 Å². The fourth-order valence-electron chi connectivity index (χ4n) is 1.86. The third-order valence-electron chi connectivity index (χ3n) is 2.85. The summed E-state index contributed by atoms with van der Waals surface area (Å²) in [7, 11) is 1.72. The van der Waals surface area contributed by atoms with Crippen LogP contribution in [0.15, 0.2) is 23.8 Å². The number of fused-ring (bicyclic) bond motifs is 2. The summed E-state index contributed by atoms with van der Waals surface area (Å²) in [6.07, 6.45) is 4.44. The molecule has 0 bridgehead atoms. The summed E-state index contributed by atoms with van der Waals surface area (Å²) in [6.45, 7) is 0. The van der Waals surface area contributed by atoms with E-state index in [0.717, 1.165) is 0 Å². The molecule has 4 aromatic rings. The number of hydrogen-bond donors (Lipinski definition) is 4. The number of nitrogen functional groups attached to an aromatic ring is 2. The van der Waals surface area contributed by atoms with E-state index in [1.807, 2.05) is 0 Å². The molecule has 112 valence electrons. The van der Waals surface area contributed by atoms with Crippen LogP contribution < -0.4 is 17.0 Å². The van der Waals surface area contributed by atoms with Crippen LogP contribution in [0.5, 0.6) is 0 Å². The van der Waals surface area contributed by atoms with Gasteiger partial charge >= 0.3 is 0 Å². The van der Waals surface area contributed by atoms with Gasteiger partial charge in [0.15, 0.2) is 22.6 Å². The SMILES string of the molecule is Cn1cnc2nc(N)[nH]c(=O)c21.Nc1ncnc2nc[nH]c12. The summed E-state index contributed by atoms with van der Waals surface area (Å²) in [5, 5.41) is 0. The van der Waals surface area contributed by atoms with Gasteiger partial charge in [-0.1, -0.05) is 0 Å². The Kier molecular flexibility index (Phi) is 3.14. The van der Waals surface area contributed by atoms with Gasteiger partial charge in [-0.25, -0.2) is 19.9 Å². The summed E-state index contributed by atoms with van der Waals surface area (Å²) >= 11 is 0. The van der Waals surface area contributed by atoms with Crippen molar-refractivity contribution in [2.75, 3.05) is 11.5 Å². The number of nitrogens with two attached hydrogens (primary N) is 2. The van der Waals surface area contributed by atoms with Gasteiger partial charge in [-0.05, 0) is 0 Å². The number of rotatable bonds is 0. The first-order valence-electron chi connectivity index (χ1n) is 6.12.